The summed E-state index contributed by atoms with van der Waals surface area (Å²) in [5.74, 6) is -1.43. The molecule has 0 bridgehead atoms. The van der Waals surface area contributed by atoms with Gasteiger partial charge < -0.3 is 28.7 Å². The van der Waals surface area contributed by atoms with E-state index < -0.39 is 64.8 Å². The molecule has 17 aromatic rings. The zero-order valence-electron chi connectivity index (χ0n) is 85.7. The van der Waals surface area contributed by atoms with Crippen LogP contribution in [-0.2, 0) is 86.8 Å². The molecule has 17 rings (SSSR count). The molecule has 3 radical (unpaired) electrons. The molecule has 0 aliphatic heterocycles. The molecule has 4 unspecified atom stereocenters. The maximum atomic E-state index is 8.18. The van der Waals surface area contributed by atoms with Crippen molar-refractivity contribution in [2.24, 2.45) is 0 Å². The molecule has 6 heterocycles. The normalized spacial score (nSPS) is 14.1. The van der Waals surface area contributed by atoms with Crippen LogP contribution in [0.25, 0.3) is 107 Å². The van der Waals surface area contributed by atoms with Crippen LogP contribution in [0, 0.1) is 63.9 Å². The van der Waals surface area contributed by atoms with Crippen molar-refractivity contribution >= 4 is 0 Å². The van der Waals surface area contributed by atoms with Gasteiger partial charge in [-0.1, -0.05) is 189 Å². The van der Waals surface area contributed by atoms with Crippen LogP contribution in [-0.4, -0.2) is 43.6 Å². The first-order valence-corrected chi connectivity index (χ1v) is 38.6. The van der Waals surface area contributed by atoms with Gasteiger partial charge in [-0.05, 0) is 155 Å². The van der Waals surface area contributed by atoms with Crippen LogP contribution < -0.4 is 0 Å². The molecule has 0 aliphatic rings. The van der Waals surface area contributed by atoms with E-state index in [9.17, 15) is 0 Å². The van der Waals surface area contributed by atoms with E-state index >= 15 is 0 Å². The molecule has 0 saturated heterocycles. The Morgan fingerprint density at radius 2 is 0.694 bits per heavy atom. The number of rotatable bonds is 16. The van der Waals surface area contributed by atoms with E-state index in [1.165, 1.54) is 22.8 Å². The molecule has 0 aliphatic carbocycles. The van der Waals surface area contributed by atoms with Gasteiger partial charge in [-0.15, -0.1) is 215 Å². The first kappa shape index (κ1) is 71.8. The fourth-order valence-electron chi connectivity index (χ4n) is 13.3. The summed E-state index contributed by atoms with van der Waals surface area (Å²) in [5.41, 5.74) is 19.6. The second-order valence-corrected chi connectivity index (χ2v) is 27.6. The molecular weight excluding hydrogens is 2190 g/mol. The fraction of sp³-hybridized carbons (Fsp3) is 0.167. The monoisotopic (exact) mass is 2310 g/mol. The van der Waals surface area contributed by atoms with Gasteiger partial charge in [0, 0.05) is 162 Å². The second kappa shape index (κ2) is 47.9. The summed E-state index contributed by atoms with van der Waals surface area (Å²) in [4.78, 5) is 26.5. The van der Waals surface area contributed by atoms with E-state index in [1.54, 1.807) is 135 Å². The minimum absolute atomic E-state index is 0. The predicted molar refractivity (Wildman–Crippen MR) is 485 cm³/mol. The Hall–Kier alpha value is -10.9. The molecule has 13 heteroatoms. The smallest absolute Gasteiger partial charge is 0.340 e. The summed E-state index contributed by atoms with van der Waals surface area (Å²) in [7, 11) is 0. The molecule has 0 spiro atoms. The Labute approximate surface area is 797 Å². The van der Waals surface area contributed by atoms with E-state index in [-0.39, 0.29) is 86.1 Å². The average Bonchev–Trinajstić information content (AvgIpc) is 1.72. The van der Waals surface area contributed by atoms with Gasteiger partial charge in [0.2, 0.25) is 0 Å². The molecule has 9 nitrogen and oxygen atoms in total. The Kier molecular flexibility index (Phi) is 28.4. The van der Waals surface area contributed by atoms with E-state index in [2.05, 4.69) is 104 Å². The molecule has 0 saturated carbocycles. The average molecular weight is 2310 g/mol. The summed E-state index contributed by atoms with van der Waals surface area (Å²) in [6, 6.07) is 112. The van der Waals surface area contributed by atoms with Crippen LogP contribution in [0.4, 0.5) is 0 Å². The maximum Gasteiger partial charge on any atom is 3.00 e. The van der Waals surface area contributed by atoms with Gasteiger partial charge in [0.25, 0.3) is 0 Å². The van der Waals surface area contributed by atoms with Crippen LogP contribution >= 0.6 is 0 Å². The standard InChI is InChI=1S/C27H27N2.C21H23N2.C19H16N.C17H15N2.2C12H10N.4Ir/c1-19(2)24-17-23(21-11-7-5-8-12-21)18-25(20(3)4)26(24)29-16-15-28-27(29)22-13-9-6-10-14-22;1-15(2)18-11-8-12-19(16(3)4)20(18)23-14-13-22-21(23)17-9-6-5-7-10-17;1-2-15-13-19(17-11-7-4-8-12-17)20-14-18(15)16-9-5-3-6-10-16;1-13-7-6-8-14(2)16(13)19-12-11-18-17(19)15-9-4-3-5-10-15;2*1-10-6-5-9-12(13-10)11-7-3-2-4-8-11;;;;/h5-13,15-20H,1-4H3;5-9,11-16H,1-4H3;3-11,13-14H,2H2,1H3;3-9,11-12H,1-2H3;2*2-7,9H,1H3;;;;/q6*-1;;;;+3/i2*1D3,3D3;;2*1D3;;;;;. The Morgan fingerprint density at radius 1 is 0.331 bits per heavy atom. The second-order valence-electron chi connectivity index (χ2n) is 27.6. The fourth-order valence-corrected chi connectivity index (χ4v) is 13.3. The van der Waals surface area contributed by atoms with Crippen LogP contribution in [0.15, 0.2) is 341 Å². The van der Waals surface area contributed by atoms with Crippen LogP contribution in [0.5, 0.6) is 0 Å². The first-order chi connectivity index (χ1) is 64.3. The topological polar surface area (TPSA) is 92.1 Å². The first-order valence-electron chi connectivity index (χ1n) is 47.6. The number of pyridine rings is 3. The summed E-state index contributed by atoms with van der Waals surface area (Å²) in [5, 5.41) is 0. The van der Waals surface area contributed by atoms with Crippen molar-refractivity contribution < 1.29 is 105 Å². The third kappa shape index (κ3) is 25.4. The predicted octanol–water partition coefficient (Wildman–Crippen LogP) is 27.3. The molecule has 121 heavy (non-hydrogen) atoms. The quantitative estimate of drug-likeness (QED) is 0.0895. The minimum Gasteiger partial charge on any atom is -0.340 e. The number of aryl methyl sites for hydroxylation is 5. The van der Waals surface area contributed by atoms with Gasteiger partial charge >= 0.3 is 20.1 Å². The molecule has 6 aromatic heterocycles. The van der Waals surface area contributed by atoms with Crippen molar-refractivity contribution in [3.05, 3.63) is 427 Å². The Balaban J connectivity index is 0.000000209. The molecule has 0 N–H and O–H groups in total. The maximum absolute atomic E-state index is 8.18. The Bertz CT molecular complexity index is 6590. The van der Waals surface area contributed by atoms with Gasteiger partial charge in [-0.2, -0.15) is 0 Å². The number of imidazole rings is 3. The summed E-state index contributed by atoms with van der Waals surface area (Å²) >= 11 is 0. The van der Waals surface area contributed by atoms with E-state index in [4.69, 9.17) is 24.7 Å². The number of nitrogens with zero attached hydrogens (tertiary/aromatic N) is 9. The van der Waals surface area contributed by atoms with Gasteiger partial charge in [0.05, 0.1) is 17.5 Å². The number of hydrogen-bond acceptors (Lipinski definition) is 6. The van der Waals surface area contributed by atoms with Crippen molar-refractivity contribution in [2.75, 3.05) is 0 Å². The summed E-state index contributed by atoms with van der Waals surface area (Å²) < 4.78 is 147. The minimum atomic E-state index is -2.29. The SMILES string of the molecule is CCc1cc(-c2[c-]cccc2)ncc1-c1ccccc1.Cc1cccc(-c2[c-]cccc2)n1.[2H]C([2H])([2H])C(C)c1cc(-c2ccccc2)cc(C(C)C([2H])([2H])[2H])c1-n1ccnc1-c1[c-]cccc1.[2H]C([2H])([2H])C(C)c1cccc(C(C)C([2H])([2H])[2H])c1-n1ccnc1-c1[c-]cccc1.[2H]C([2H])([2H])c1cccc(-c2[c-]cccc2)n1.[2H]C([2H])([2H])c1cccc(C)c1-n1ccnc1-c1[c-]cccc1.[Ir+3].[Ir].[Ir].[Ir]. The number of aromatic nitrogens is 9. The van der Waals surface area contributed by atoms with Crippen molar-refractivity contribution in [1.29, 1.82) is 0 Å². The molecule has 11 aromatic carbocycles. The van der Waals surface area contributed by atoms with Gasteiger partial charge in [-0.3, -0.25) is 15.0 Å². The number of benzene rings is 11. The van der Waals surface area contributed by atoms with E-state index in [1.807, 2.05) is 225 Å². The van der Waals surface area contributed by atoms with Crippen molar-refractivity contribution in [3.63, 3.8) is 0 Å². The summed E-state index contributed by atoms with van der Waals surface area (Å²) in [6.45, 7) is -0.683. The number of para-hydroxylation sites is 2. The van der Waals surface area contributed by atoms with Crippen molar-refractivity contribution in [2.45, 2.75) is 120 Å². The molecule has 0 fully saturated rings. The van der Waals surface area contributed by atoms with Crippen LogP contribution in [0.3, 0.4) is 0 Å². The molecule has 0 amide bonds. The van der Waals surface area contributed by atoms with E-state index in [0.717, 1.165) is 73.6 Å². The summed E-state index contributed by atoms with van der Waals surface area (Å²) in [6.07, 6.45) is 13.2. The molecular formula is C108H101Ir4N9-3. The van der Waals surface area contributed by atoms with Crippen molar-refractivity contribution in [1.82, 2.24) is 43.6 Å². The van der Waals surface area contributed by atoms with E-state index in [0.29, 0.717) is 68.0 Å². The largest absolute Gasteiger partial charge is 3.00 e. The zero-order chi connectivity index (χ0) is 97.0. The Morgan fingerprint density at radius 3 is 1.10 bits per heavy atom. The zero-order valence-corrected chi connectivity index (χ0v) is 77.3. The van der Waals surface area contributed by atoms with Gasteiger partial charge in [0.1, 0.15) is 0 Å². The molecule has 4 atom stereocenters. The van der Waals surface area contributed by atoms with Gasteiger partial charge in [0.15, 0.2) is 0 Å². The van der Waals surface area contributed by atoms with Gasteiger partial charge in [-0.25, -0.2) is 0 Å². The number of hydrogen-bond donors (Lipinski definition) is 0. The van der Waals surface area contributed by atoms with Crippen LogP contribution in [0.1, 0.15) is 161 Å². The third-order valence-electron chi connectivity index (χ3n) is 19.0. The van der Waals surface area contributed by atoms with Crippen molar-refractivity contribution in [3.8, 4) is 107 Å². The third-order valence-corrected chi connectivity index (χ3v) is 19.0. The molecule has 617 valence electrons. The van der Waals surface area contributed by atoms with Crippen LogP contribution in [0.2, 0.25) is 0 Å².